The first-order valence-corrected chi connectivity index (χ1v) is 8.49. The fraction of sp³-hybridized carbons (Fsp3) is 1.00. The lowest BCUT2D eigenvalue weighted by molar-refractivity contribution is 0.0551. The zero-order valence-corrected chi connectivity index (χ0v) is 14.5. The molecule has 8 heteroatoms. The number of hydrogen-bond donors (Lipinski definition) is 2. The normalized spacial score (nSPS) is 31.6. The molecule has 4 rings (SSSR count). The van der Waals surface area contributed by atoms with Gasteiger partial charge in [-0.05, 0) is 13.8 Å². The molecule has 0 aromatic carbocycles. The van der Waals surface area contributed by atoms with Crippen molar-refractivity contribution in [2.45, 2.75) is 26.1 Å². The van der Waals surface area contributed by atoms with Crippen LogP contribution in [0.1, 0.15) is 13.8 Å². The molecule has 0 amide bonds. The summed E-state index contributed by atoms with van der Waals surface area (Å²) in [6.45, 7) is 14.2. The molecular formula is C15H32N4O4. The topological polar surface area (TPSA) is 67.5 Å². The molecule has 23 heavy (non-hydrogen) atoms. The van der Waals surface area contributed by atoms with Gasteiger partial charge in [0.05, 0.1) is 45.6 Å². The van der Waals surface area contributed by atoms with Gasteiger partial charge in [0.1, 0.15) is 13.5 Å². The zero-order chi connectivity index (χ0) is 16.3. The average Bonchev–Trinajstić information content (AvgIpc) is 3.31. The molecule has 0 radical (unpaired) electrons. The smallest absolute Gasteiger partial charge is 0.101 e. The van der Waals surface area contributed by atoms with Gasteiger partial charge in [-0.25, -0.2) is 0 Å². The summed E-state index contributed by atoms with van der Waals surface area (Å²) in [5.74, 6) is 0. The van der Waals surface area contributed by atoms with E-state index in [-0.39, 0.29) is 0 Å². The van der Waals surface area contributed by atoms with Crippen LogP contribution in [0.2, 0.25) is 0 Å². The fourth-order valence-electron chi connectivity index (χ4n) is 2.60. The molecule has 4 aliphatic rings. The minimum Gasteiger partial charge on any atom is -0.365 e. The molecule has 0 aromatic heterocycles. The van der Waals surface area contributed by atoms with Crippen molar-refractivity contribution in [1.29, 1.82) is 0 Å². The number of hydrogen-bond acceptors (Lipinski definition) is 8. The maximum Gasteiger partial charge on any atom is 0.101 e. The second kappa shape index (κ2) is 11.3. The molecule has 2 unspecified atom stereocenters. The van der Waals surface area contributed by atoms with Gasteiger partial charge in [-0.1, -0.05) is 0 Å². The first-order valence-electron chi connectivity index (χ1n) is 8.49. The van der Waals surface area contributed by atoms with E-state index < -0.39 is 0 Å². The van der Waals surface area contributed by atoms with Crippen molar-refractivity contribution in [2.24, 2.45) is 0 Å². The monoisotopic (exact) mass is 332 g/mol. The highest BCUT2D eigenvalue weighted by molar-refractivity contribution is 4.70. The molecular weight excluding hydrogens is 300 g/mol. The van der Waals surface area contributed by atoms with E-state index in [2.05, 4.69) is 34.3 Å². The molecule has 2 N–H and O–H groups in total. The maximum absolute atomic E-state index is 5.46. The fourth-order valence-corrected chi connectivity index (χ4v) is 2.60. The van der Waals surface area contributed by atoms with Gasteiger partial charge < -0.3 is 18.9 Å². The van der Waals surface area contributed by atoms with E-state index in [9.17, 15) is 0 Å². The molecule has 0 aromatic rings. The predicted molar refractivity (Wildman–Crippen MR) is 86.8 cm³/mol. The lowest BCUT2D eigenvalue weighted by Gasteiger charge is -2.20. The van der Waals surface area contributed by atoms with Crippen molar-refractivity contribution in [3.05, 3.63) is 0 Å². The number of nitrogens with zero attached hydrogens (tertiary/aromatic N) is 2. The summed E-state index contributed by atoms with van der Waals surface area (Å²) in [5.41, 5.74) is 0. The van der Waals surface area contributed by atoms with Crippen LogP contribution >= 0.6 is 0 Å². The van der Waals surface area contributed by atoms with Gasteiger partial charge in [-0.15, -0.1) is 0 Å². The Balaban J connectivity index is 0.000000156. The second-order valence-electron chi connectivity index (χ2n) is 6.17. The maximum atomic E-state index is 5.46. The molecule has 4 saturated heterocycles. The molecule has 136 valence electrons. The van der Waals surface area contributed by atoms with E-state index in [1.165, 1.54) is 0 Å². The van der Waals surface area contributed by atoms with E-state index in [1.54, 1.807) is 0 Å². The Hall–Kier alpha value is -0.320. The summed E-state index contributed by atoms with van der Waals surface area (Å²) in [6.07, 6.45) is 0.780. The highest BCUT2D eigenvalue weighted by Crippen LogP contribution is 2.12. The number of nitrogens with one attached hydrogen (secondary N) is 2. The summed E-state index contributed by atoms with van der Waals surface area (Å²) < 4.78 is 20.6. The van der Waals surface area contributed by atoms with E-state index >= 15 is 0 Å². The van der Waals surface area contributed by atoms with Gasteiger partial charge in [0.25, 0.3) is 0 Å². The van der Waals surface area contributed by atoms with Crippen molar-refractivity contribution < 1.29 is 18.9 Å². The minimum atomic E-state index is 0.390. The second-order valence-corrected chi connectivity index (χ2v) is 6.17. The third-order valence-electron chi connectivity index (χ3n) is 3.77. The Bertz CT molecular complexity index is 260. The molecule has 0 spiro atoms. The minimum absolute atomic E-state index is 0.390. The van der Waals surface area contributed by atoms with Gasteiger partial charge >= 0.3 is 0 Å². The van der Waals surface area contributed by atoms with E-state index in [0.29, 0.717) is 12.2 Å². The first kappa shape index (κ1) is 19.0. The lowest BCUT2D eigenvalue weighted by Crippen LogP contribution is -2.35. The number of ether oxygens (including phenoxy) is 4. The average molecular weight is 332 g/mol. The molecule has 0 aliphatic carbocycles. The molecule has 8 nitrogen and oxygen atoms in total. The lowest BCUT2D eigenvalue weighted by atomic mass is 10.4. The van der Waals surface area contributed by atoms with Crippen LogP contribution in [0.4, 0.5) is 0 Å². The van der Waals surface area contributed by atoms with Crippen molar-refractivity contribution in [3.8, 4) is 0 Å². The van der Waals surface area contributed by atoms with E-state index in [4.69, 9.17) is 18.9 Å². The van der Waals surface area contributed by atoms with Crippen molar-refractivity contribution in [2.75, 3.05) is 73.0 Å². The van der Waals surface area contributed by atoms with Crippen molar-refractivity contribution >= 4 is 0 Å². The molecule has 4 fully saturated rings. The first-order chi connectivity index (χ1) is 11.2. The van der Waals surface area contributed by atoms with Gasteiger partial charge in [-0.2, -0.15) is 0 Å². The van der Waals surface area contributed by atoms with Crippen molar-refractivity contribution in [3.63, 3.8) is 0 Å². The summed E-state index contributed by atoms with van der Waals surface area (Å²) in [5, 5.41) is 6.00. The Kier molecular flexibility index (Phi) is 9.32. The highest BCUT2D eigenvalue weighted by atomic mass is 16.5. The van der Waals surface area contributed by atoms with E-state index in [1.807, 2.05) is 0 Å². The van der Waals surface area contributed by atoms with Gasteiger partial charge in [0.2, 0.25) is 0 Å². The number of rotatable bonds is 2. The summed E-state index contributed by atoms with van der Waals surface area (Å²) in [6, 6.07) is 0. The van der Waals surface area contributed by atoms with Crippen LogP contribution in [-0.4, -0.2) is 95.0 Å². The summed E-state index contributed by atoms with van der Waals surface area (Å²) in [4.78, 5) is 4.62. The summed E-state index contributed by atoms with van der Waals surface area (Å²) in [7, 11) is 0. The molecule has 4 aliphatic heterocycles. The molecule has 0 saturated carbocycles. The van der Waals surface area contributed by atoms with Crippen LogP contribution in [0.5, 0.6) is 0 Å². The predicted octanol–water partition coefficient (Wildman–Crippen LogP) is -0.572. The third kappa shape index (κ3) is 8.37. The van der Waals surface area contributed by atoms with Crippen LogP contribution < -0.4 is 10.6 Å². The SMILES string of the molecule is C1COCN1.C1COCN1.CC1CN(CN2COC(C)C2)CO1. The van der Waals surface area contributed by atoms with Crippen LogP contribution in [0.3, 0.4) is 0 Å². The highest BCUT2D eigenvalue weighted by Gasteiger charge is 2.25. The Morgan fingerprint density at radius 3 is 1.52 bits per heavy atom. The van der Waals surface area contributed by atoms with Crippen LogP contribution in [0.25, 0.3) is 0 Å². The summed E-state index contributed by atoms with van der Waals surface area (Å²) >= 11 is 0. The van der Waals surface area contributed by atoms with Crippen LogP contribution in [-0.2, 0) is 18.9 Å². The Morgan fingerprint density at radius 2 is 1.30 bits per heavy atom. The third-order valence-corrected chi connectivity index (χ3v) is 3.77. The zero-order valence-electron chi connectivity index (χ0n) is 14.5. The van der Waals surface area contributed by atoms with E-state index in [0.717, 1.165) is 73.0 Å². The van der Waals surface area contributed by atoms with Gasteiger partial charge in [0.15, 0.2) is 0 Å². The molecule has 2 atom stereocenters. The quantitative estimate of drug-likeness (QED) is 0.697. The van der Waals surface area contributed by atoms with Gasteiger partial charge in [-0.3, -0.25) is 20.4 Å². The standard InChI is InChI=1S/C9H18N2O2.2C3H7NO/c1-8-3-10(6-12-8)5-11-4-9(2)13-7-11;2*1-2-5-3-4-1/h8-9H,3-7H2,1-2H3;2*4H,1-3H2. The van der Waals surface area contributed by atoms with Crippen LogP contribution in [0, 0.1) is 0 Å². The van der Waals surface area contributed by atoms with Crippen molar-refractivity contribution in [1.82, 2.24) is 20.4 Å². The Morgan fingerprint density at radius 1 is 0.826 bits per heavy atom. The van der Waals surface area contributed by atoms with Gasteiger partial charge in [0, 0.05) is 26.2 Å². The molecule has 4 heterocycles. The van der Waals surface area contributed by atoms with Crippen LogP contribution in [0.15, 0.2) is 0 Å². The molecule has 0 bridgehead atoms. The largest absolute Gasteiger partial charge is 0.365 e. The Labute approximate surface area is 139 Å².